The largest absolute Gasteiger partial charge is 0.457 e. The van der Waals surface area contributed by atoms with Crippen LogP contribution in [-0.4, -0.2) is 107 Å². The predicted octanol–water partition coefficient (Wildman–Crippen LogP) is 3.65. The number of nitrogen functional groups attached to an aromatic ring is 1. The maximum absolute atomic E-state index is 13.3. The number of benzene rings is 2. The number of rotatable bonds is 22. The van der Waals surface area contributed by atoms with Gasteiger partial charge in [-0.05, 0) is 93.7 Å². The summed E-state index contributed by atoms with van der Waals surface area (Å²) in [6.07, 6.45) is 0.490. The lowest BCUT2D eigenvalue weighted by Crippen LogP contribution is -2.55. The second-order valence-electron chi connectivity index (χ2n) is 12.8. The van der Waals surface area contributed by atoms with Crippen molar-refractivity contribution in [1.82, 2.24) is 26.2 Å². The number of ether oxygens (including phenoxy) is 1. The molecule has 17 heteroatoms. The van der Waals surface area contributed by atoms with Crippen LogP contribution in [0.15, 0.2) is 60.0 Å². The molecule has 10 N–H and O–H groups in total. The first-order valence-corrected chi connectivity index (χ1v) is 20.4. The highest BCUT2D eigenvalue weighted by Gasteiger charge is 2.31. The number of amides is 4. The van der Waals surface area contributed by atoms with E-state index in [0.29, 0.717) is 54.9 Å². The van der Waals surface area contributed by atoms with Crippen LogP contribution in [-0.2, 0) is 20.9 Å². The summed E-state index contributed by atoms with van der Waals surface area (Å²) in [5, 5.41) is 47.3. The third-order valence-corrected chi connectivity index (χ3v) is 9.48. The van der Waals surface area contributed by atoms with E-state index < -0.39 is 24.2 Å². The van der Waals surface area contributed by atoms with Crippen LogP contribution >= 0.6 is 11.3 Å². The van der Waals surface area contributed by atoms with Crippen molar-refractivity contribution in [2.75, 3.05) is 32.8 Å². The molecule has 2 aromatic carbocycles. The number of carbonyl (C=O) groups is 4. The van der Waals surface area contributed by atoms with Gasteiger partial charge < -0.3 is 52.0 Å². The van der Waals surface area contributed by atoms with E-state index in [1.165, 1.54) is 40.5 Å². The molecule has 0 bridgehead atoms. The summed E-state index contributed by atoms with van der Waals surface area (Å²) in [6, 6.07) is 12.7. The average molecular weight is 832 g/mol. The van der Waals surface area contributed by atoms with E-state index in [-0.39, 0.29) is 68.2 Å². The molecule has 322 valence electrons. The fourth-order valence-electron chi connectivity index (χ4n) is 5.18. The van der Waals surface area contributed by atoms with Gasteiger partial charge in [-0.3, -0.25) is 24.6 Å². The van der Waals surface area contributed by atoms with E-state index in [0.717, 1.165) is 4.88 Å². The molecular weight excluding hydrogens is 770 g/mol. The zero-order valence-electron chi connectivity index (χ0n) is 34.3. The summed E-state index contributed by atoms with van der Waals surface area (Å²) < 4.78 is 18.7. The average Bonchev–Trinajstić information content (AvgIpc) is 3.73. The first-order chi connectivity index (χ1) is 27.7. The van der Waals surface area contributed by atoms with Crippen molar-refractivity contribution in [3.8, 4) is 11.5 Å². The van der Waals surface area contributed by atoms with Crippen LogP contribution in [0.1, 0.15) is 88.0 Å². The monoisotopic (exact) mass is 831 g/mol. The number of nitrogens with one attached hydrogen (secondary N) is 5. The molecule has 1 heterocycles. The van der Waals surface area contributed by atoms with Crippen LogP contribution in [0.4, 0.5) is 4.39 Å². The molecule has 1 aromatic heterocycles. The number of carbonyl (C=O) groups excluding carboxylic acids is 4. The molecule has 3 aromatic rings. The molecule has 4 amide bonds. The Hall–Kier alpha value is -4.94. The highest BCUT2D eigenvalue weighted by atomic mass is 32.1. The molecule has 0 fully saturated rings. The van der Waals surface area contributed by atoms with Crippen molar-refractivity contribution in [3.63, 3.8) is 0 Å². The minimum absolute atomic E-state index is 0.0369. The molecule has 15 nitrogen and oxygen atoms in total. The van der Waals surface area contributed by atoms with Gasteiger partial charge in [-0.15, -0.1) is 11.3 Å². The Balaban J connectivity index is 0.000000785. The lowest BCUT2D eigenvalue weighted by molar-refractivity contribution is -0.142. The number of hydrogen-bond acceptors (Lipinski definition) is 11. The van der Waals surface area contributed by atoms with Gasteiger partial charge in [0.25, 0.3) is 5.91 Å². The minimum Gasteiger partial charge on any atom is -0.457 e. The highest BCUT2D eigenvalue weighted by molar-refractivity contribution is 7.10. The molecule has 0 spiro atoms. The van der Waals surface area contributed by atoms with Crippen molar-refractivity contribution in [2.45, 2.75) is 98.1 Å². The number of nitrogens with zero attached hydrogens (tertiary/aromatic N) is 1. The molecule has 0 saturated carbocycles. The van der Waals surface area contributed by atoms with Gasteiger partial charge in [0.1, 0.15) is 29.2 Å². The predicted molar refractivity (Wildman–Crippen MR) is 224 cm³/mol. The van der Waals surface area contributed by atoms with Gasteiger partial charge in [-0.2, -0.15) is 0 Å². The summed E-state index contributed by atoms with van der Waals surface area (Å²) >= 11 is 1.39. The van der Waals surface area contributed by atoms with Gasteiger partial charge in [-0.1, -0.05) is 34.6 Å². The minimum atomic E-state index is -0.752. The summed E-state index contributed by atoms with van der Waals surface area (Å²) in [4.78, 5) is 52.5. The number of aliphatic hydroxyl groups is 3. The van der Waals surface area contributed by atoms with Gasteiger partial charge in [0, 0.05) is 34.0 Å². The lowest BCUT2D eigenvalue weighted by atomic mass is 10.1. The van der Waals surface area contributed by atoms with Crippen molar-refractivity contribution >= 4 is 40.8 Å². The Morgan fingerprint density at radius 2 is 1.48 bits per heavy atom. The van der Waals surface area contributed by atoms with Crippen molar-refractivity contribution in [3.05, 3.63) is 81.8 Å². The summed E-state index contributed by atoms with van der Waals surface area (Å²) in [5.74, 6) is -0.770. The maximum Gasteiger partial charge on any atom is 0.251 e. The number of amidine groups is 1. The van der Waals surface area contributed by atoms with Crippen LogP contribution in [0, 0.1) is 11.2 Å². The van der Waals surface area contributed by atoms with Crippen LogP contribution < -0.4 is 31.7 Å². The zero-order valence-corrected chi connectivity index (χ0v) is 35.2. The standard InChI is InChI=1S/C29H34FN5O4S.C10H22N2O4.C2H6/c1-4-18(3)35(25(5-2)29(38)33-15-24-14-20(17-40-24)27(31)32)26(36)16-34-28(37)19-6-10-22(11-7-19)39-23-12-8-21(30)9-13-23;1-2-8(14)9(15)3-4-11-7-10(16)12-5-6-13;1-2/h6-14,17-18,25H,4-5,15-16H2,1-3H3,(H3,31,32)(H,33,38)(H,34,37);8-9,11,13-15H,2-7H2,1H3,(H,12,16);1-2H3. The van der Waals surface area contributed by atoms with E-state index in [1.807, 2.05) is 34.6 Å². The SMILES string of the molecule is CC.CCC(C)N(C(=O)CNC(=O)c1ccc(Oc2ccc(F)cc2)cc1)C(CC)C(=O)NCc1cc(C(=N)N)cs1.CCC(O)C(O)CCNCC(=O)NCCO. The Morgan fingerprint density at radius 1 is 0.862 bits per heavy atom. The van der Waals surface area contributed by atoms with Gasteiger partial charge >= 0.3 is 0 Å². The van der Waals surface area contributed by atoms with Gasteiger partial charge in [0.2, 0.25) is 17.7 Å². The van der Waals surface area contributed by atoms with E-state index in [9.17, 15) is 33.8 Å². The van der Waals surface area contributed by atoms with Crippen LogP contribution in [0.25, 0.3) is 0 Å². The molecule has 58 heavy (non-hydrogen) atoms. The molecular formula is C41H62FN7O8S. The fourth-order valence-corrected chi connectivity index (χ4v) is 6.00. The van der Waals surface area contributed by atoms with Crippen molar-refractivity contribution in [1.29, 1.82) is 5.41 Å². The van der Waals surface area contributed by atoms with E-state index >= 15 is 0 Å². The molecule has 3 rings (SSSR count). The Labute approximate surface area is 345 Å². The smallest absolute Gasteiger partial charge is 0.251 e. The summed E-state index contributed by atoms with van der Waals surface area (Å²) in [5.41, 5.74) is 6.45. The van der Waals surface area contributed by atoms with E-state index in [4.69, 9.17) is 21.0 Å². The molecule has 0 aliphatic carbocycles. The molecule has 0 radical (unpaired) electrons. The molecule has 4 unspecified atom stereocenters. The molecule has 0 aliphatic heterocycles. The van der Waals surface area contributed by atoms with Gasteiger partial charge in [-0.25, -0.2) is 4.39 Å². The second-order valence-corrected chi connectivity index (χ2v) is 13.8. The number of aliphatic hydroxyl groups excluding tert-OH is 3. The summed E-state index contributed by atoms with van der Waals surface area (Å²) in [6.45, 7) is 12.2. The number of hydrogen-bond donors (Lipinski definition) is 9. The van der Waals surface area contributed by atoms with Crippen LogP contribution in [0.5, 0.6) is 11.5 Å². The quantitative estimate of drug-likeness (QED) is 0.0405. The second kappa shape index (κ2) is 28.5. The van der Waals surface area contributed by atoms with E-state index in [1.54, 1.807) is 42.6 Å². The van der Waals surface area contributed by atoms with Crippen LogP contribution in [0.3, 0.4) is 0 Å². The third kappa shape index (κ3) is 18.5. The topological polar surface area (TPSA) is 239 Å². The molecule has 0 saturated heterocycles. The Kier molecular flexibility index (Phi) is 25.1. The number of nitrogens with two attached hydrogens (primary N) is 1. The Bertz CT molecular complexity index is 1680. The highest BCUT2D eigenvalue weighted by Crippen LogP contribution is 2.22. The first kappa shape index (κ1) is 51.1. The van der Waals surface area contributed by atoms with Crippen LogP contribution in [0.2, 0.25) is 0 Å². The summed E-state index contributed by atoms with van der Waals surface area (Å²) in [7, 11) is 0. The maximum atomic E-state index is 13.3. The third-order valence-electron chi connectivity index (χ3n) is 8.55. The first-order valence-electron chi connectivity index (χ1n) is 19.5. The fraction of sp³-hybridized carbons (Fsp3) is 0.488. The number of halogens is 1. The van der Waals surface area contributed by atoms with Gasteiger partial charge in [0.15, 0.2) is 0 Å². The number of thiophene rings is 1. The zero-order chi connectivity index (χ0) is 43.6. The van der Waals surface area contributed by atoms with Crippen molar-refractivity contribution < 1.29 is 43.6 Å². The van der Waals surface area contributed by atoms with Crippen molar-refractivity contribution in [2.24, 2.45) is 5.73 Å². The van der Waals surface area contributed by atoms with E-state index in [2.05, 4.69) is 21.3 Å². The van der Waals surface area contributed by atoms with Gasteiger partial charge in [0.05, 0.1) is 38.4 Å². The lowest BCUT2D eigenvalue weighted by Gasteiger charge is -2.35. The normalized spacial score (nSPS) is 12.5. The molecule has 4 atom stereocenters. The molecule has 0 aliphatic rings. The Morgan fingerprint density at radius 3 is 2.02 bits per heavy atom.